The monoisotopic (exact) mass is 524 g/mol. The number of halogens is 3. The maximum atomic E-state index is 14.0. The van der Waals surface area contributed by atoms with Crippen molar-refractivity contribution in [3.8, 4) is 17.2 Å². The lowest BCUT2D eigenvalue weighted by Crippen LogP contribution is -2.40. The van der Waals surface area contributed by atoms with Gasteiger partial charge in [0, 0.05) is 42.1 Å². The molecule has 0 bridgehead atoms. The van der Waals surface area contributed by atoms with Crippen LogP contribution in [0.2, 0.25) is 0 Å². The van der Waals surface area contributed by atoms with E-state index in [9.17, 15) is 23.1 Å². The molecule has 1 heterocycles. The third-order valence-electron chi connectivity index (χ3n) is 6.30. The van der Waals surface area contributed by atoms with E-state index in [4.69, 9.17) is 9.15 Å². The predicted octanol–water partition coefficient (Wildman–Crippen LogP) is 6.04. The molecular weight excluding hydrogens is 497 g/mol. The number of carboxylic acids is 1. The maximum Gasteiger partial charge on any atom is 0.321 e. The minimum Gasteiger partial charge on any atom is -0.493 e. The minimum atomic E-state index is -1.18. The van der Waals surface area contributed by atoms with Crippen LogP contribution in [-0.2, 0) is 17.8 Å². The summed E-state index contributed by atoms with van der Waals surface area (Å²) in [5.74, 6) is -3.04. The molecule has 0 aliphatic rings. The molecule has 0 amide bonds. The number of nitrogens with one attached hydrogen (secondary N) is 1. The third kappa shape index (κ3) is 6.41. The first-order valence-electron chi connectivity index (χ1n) is 12.1. The maximum absolute atomic E-state index is 14.0. The van der Waals surface area contributed by atoms with Gasteiger partial charge in [0.2, 0.25) is 5.89 Å². The smallest absolute Gasteiger partial charge is 0.321 e. The van der Waals surface area contributed by atoms with E-state index in [0.29, 0.717) is 42.4 Å². The van der Waals surface area contributed by atoms with E-state index in [2.05, 4.69) is 10.3 Å². The van der Waals surface area contributed by atoms with Crippen LogP contribution in [0.3, 0.4) is 0 Å². The summed E-state index contributed by atoms with van der Waals surface area (Å²) in [6.07, 6.45) is 0.543. The lowest BCUT2D eigenvalue weighted by atomic mass is 9.93. The van der Waals surface area contributed by atoms with Crippen LogP contribution in [0.1, 0.15) is 35.4 Å². The number of ether oxygens (including phenoxy) is 1. The van der Waals surface area contributed by atoms with E-state index in [0.717, 1.165) is 17.0 Å². The van der Waals surface area contributed by atoms with Crippen LogP contribution in [0.5, 0.6) is 5.75 Å². The molecule has 9 heteroatoms. The van der Waals surface area contributed by atoms with Crippen LogP contribution < -0.4 is 10.1 Å². The average molecular weight is 525 g/mol. The molecule has 6 nitrogen and oxygen atoms in total. The fourth-order valence-electron chi connectivity index (χ4n) is 4.12. The molecule has 38 heavy (non-hydrogen) atoms. The molecule has 0 spiro atoms. The van der Waals surface area contributed by atoms with Gasteiger partial charge in [-0.25, -0.2) is 18.2 Å². The Morgan fingerprint density at radius 3 is 2.34 bits per heavy atom. The fourth-order valence-corrected chi connectivity index (χ4v) is 4.12. The zero-order valence-corrected chi connectivity index (χ0v) is 20.9. The number of benzene rings is 3. The van der Waals surface area contributed by atoms with Gasteiger partial charge in [-0.15, -0.1) is 0 Å². The van der Waals surface area contributed by atoms with Crippen molar-refractivity contribution in [1.82, 2.24) is 10.3 Å². The van der Waals surface area contributed by atoms with E-state index in [1.807, 2.05) is 37.3 Å². The van der Waals surface area contributed by atoms with Gasteiger partial charge in [0.15, 0.2) is 0 Å². The summed E-state index contributed by atoms with van der Waals surface area (Å²) in [4.78, 5) is 16.4. The van der Waals surface area contributed by atoms with Crippen molar-refractivity contribution in [2.75, 3.05) is 6.61 Å². The van der Waals surface area contributed by atoms with Crippen molar-refractivity contribution in [1.29, 1.82) is 0 Å². The number of carbonyl (C=O) groups is 1. The second kappa shape index (κ2) is 12.0. The molecule has 0 radical (unpaired) electrons. The van der Waals surface area contributed by atoms with Crippen LogP contribution in [0.4, 0.5) is 13.2 Å². The highest BCUT2D eigenvalue weighted by molar-refractivity contribution is 5.75. The Labute approximate surface area is 218 Å². The number of aliphatic carboxylic acids is 1. The molecule has 0 aliphatic heterocycles. The normalized spacial score (nSPS) is 12.8. The molecule has 1 aromatic heterocycles. The van der Waals surface area contributed by atoms with E-state index < -0.39 is 47.5 Å². The van der Waals surface area contributed by atoms with E-state index in [1.165, 1.54) is 0 Å². The molecule has 0 aliphatic carbocycles. The molecule has 4 aromatic rings. The third-order valence-corrected chi connectivity index (χ3v) is 6.30. The Morgan fingerprint density at radius 2 is 1.71 bits per heavy atom. The Balaban J connectivity index is 1.34. The first-order valence-corrected chi connectivity index (χ1v) is 12.1. The van der Waals surface area contributed by atoms with E-state index in [1.54, 1.807) is 31.2 Å². The van der Waals surface area contributed by atoms with E-state index >= 15 is 0 Å². The average Bonchev–Trinajstić information content (AvgIpc) is 3.26. The van der Waals surface area contributed by atoms with Gasteiger partial charge >= 0.3 is 5.97 Å². The quantitative estimate of drug-likeness (QED) is 0.249. The summed E-state index contributed by atoms with van der Waals surface area (Å²) in [6, 6.07) is 16.5. The highest BCUT2D eigenvalue weighted by Gasteiger charge is 2.26. The van der Waals surface area contributed by atoms with E-state index in [-0.39, 0.29) is 0 Å². The van der Waals surface area contributed by atoms with Crippen LogP contribution in [-0.4, -0.2) is 28.7 Å². The summed E-state index contributed by atoms with van der Waals surface area (Å²) in [5, 5.41) is 12.4. The standard InChI is InChI=1S/C29H27F3N2O4/c1-17(27(29(35)36)33-16-23-24(31)14-21(30)15-25(23)32)19-8-10-22(11-9-19)37-13-12-26-18(2)38-28(34-26)20-6-4-3-5-7-20/h3-11,14-15,17,27,33H,12-13,16H2,1-2H3,(H,35,36). The number of carboxylic acid groups (broad SMARTS) is 1. The van der Waals surface area contributed by atoms with Crippen LogP contribution in [0.25, 0.3) is 11.5 Å². The van der Waals surface area contributed by atoms with Gasteiger partial charge in [0.25, 0.3) is 0 Å². The number of nitrogens with zero attached hydrogens (tertiary/aromatic N) is 1. The Bertz CT molecular complexity index is 1370. The van der Waals surface area contributed by atoms with Crippen LogP contribution in [0.15, 0.2) is 71.1 Å². The molecule has 198 valence electrons. The van der Waals surface area contributed by atoms with Gasteiger partial charge in [-0.2, -0.15) is 0 Å². The van der Waals surface area contributed by atoms with Gasteiger partial charge in [-0.1, -0.05) is 37.3 Å². The Kier molecular flexibility index (Phi) is 8.48. The number of aryl methyl sites for hydroxylation is 1. The Hall–Kier alpha value is -4.11. The minimum absolute atomic E-state index is 0.366. The summed E-state index contributed by atoms with van der Waals surface area (Å²) in [7, 11) is 0. The van der Waals surface area contributed by atoms with Crippen molar-refractivity contribution < 1.29 is 32.2 Å². The summed E-state index contributed by atoms with van der Waals surface area (Å²) < 4.78 is 52.7. The zero-order chi connectivity index (χ0) is 27.2. The van der Waals surface area contributed by atoms with Crippen molar-refractivity contribution in [3.63, 3.8) is 0 Å². The molecule has 0 saturated carbocycles. The summed E-state index contributed by atoms with van der Waals surface area (Å²) in [5.41, 5.74) is 1.97. The van der Waals surface area contributed by atoms with Gasteiger partial charge in [-0.05, 0) is 36.8 Å². The molecule has 2 atom stereocenters. The topological polar surface area (TPSA) is 84.6 Å². The van der Waals surface area contributed by atoms with Crippen LogP contribution >= 0.6 is 0 Å². The zero-order valence-electron chi connectivity index (χ0n) is 20.9. The van der Waals surface area contributed by atoms with Crippen molar-refractivity contribution in [2.45, 2.75) is 38.8 Å². The molecule has 0 saturated heterocycles. The number of aromatic nitrogens is 1. The number of rotatable bonds is 11. The molecule has 3 aromatic carbocycles. The second-order valence-corrected chi connectivity index (χ2v) is 8.89. The van der Waals surface area contributed by atoms with Gasteiger partial charge in [-0.3, -0.25) is 10.1 Å². The number of hydrogen-bond acceptors (Lipinski definition) is 5. The van der Waals surface area contributed by atoms with Crippen molar-refractivity contribution in [2.24, 2.45) is 0 Å². The number of hydrogen-bond donors (Lipinski definition) is 2. The lowest BCUT2D eigenvalue weighted by Gasteiger charge is -2.22. The first-order chi connectivity index (χ1) is 18.2. The largest absolute Gasteiger partial charge is 0.493 e. The predicted molar refractivity (Wildman–Crippen MR) is 135 cm³/mol. The highest BCUT2D eigenvalue weighted by atomic mass is 19.1. The van der Waals surface area contributed by atoms with Crippen molar-refractivity contribution >= 4 is 5.97 Å². The fraction of sp³-hybridized carbons (Fsp3) is 0.241. The first kappa shape index (κ1) is 26.9. The van der Waals surface area contributed by atoms with Gasteiger partial charge in [0.1, 0.15) is 35.0 Å². The second-order valence-electron chi connectivity index (χ2n) is 8.89. The molecule has 0 fully saturated rings. The molecule has 2 N–H and O–H groups in total. The van der Waals surface area contributed by atoms with Gasteiger partial charge < -0.3 is 14.3 Å². The molecule has 2 unspecified atom stereocenters. The van der Waals surface area contributed by atoms with Crippen LogP contribution in [0, 0.1) is 24.4 Å². The number of oxazole rings is 1. The summed E-state index contributed by atoms with van der Waals surface area (Å²) >= 11 is 0. The highest BCUT2D eigenvalue weighted by Crippen LogP contribution is 2.25. The van der Waals surface area contributed by atoms with Gasteiger partial charge in [0.05, 0.1) is 12.3 Å². The van der Waals surface area contributed by atoms with Crippen molar-refractivity contribution in [3.05, 3.63) is 107 Å². The molecular formula is C29H27F3N2O4. The summed E-state index contributed by atoms with van der Waals surface area (Å²) in [6.45, 7) is 3.51. The Morgan fingerprint density at radius 1 is 1.05 bits per heavy atom. The SMILES string of the molecule is Cc1oc(-c2ccccc2)nc1CCOc1ccc(C(C)C(NCc2c(F)cc(F)cc2F)C(=O)O)cc1. The lowest BCUT2D eigenvalue weighted by molar-refractivity contribution is -0.140. The molecule has 4 rings (SSSR count).